The number of rotatable bonds is 5. The molecule has 2 aromatic heterocycles. The maximum atomic E-state index is 12.6. The summed E-state index contributed by atoms with van der Waals surface area (Å²) >= 11 is 0. The highest BCUT2D eigenvalue weighted by Crippen LogP contribution is 2.30. The molecule has 0 fully saturated rings. The van der Waals surface area contributed by atoms with E-state index < -0.39 is 0 Å². The first-order chi connectivity index (χ1) is 11.6. The average Bonchev–Trinajstić information content (AvgIpc) is 2.92. The van der Waals surface area contributed by atoms with Gasteiger partial charge in [0, 0.05) is 30.5 Å². The predicted octanol–water partition coefficient (Wildman–Crippen LogP) is 2.50. The molecule has 3 rings (SSSR count). The molecule has 0 N–H and O–H groups in total. The highest BCUT2D eigenvalue weighted by atomic mass is 16.1. The molecule has 0 saturated carbocycles. The van der Waals surface area contributed by atoms with E-state index in [0.717, 1.165) is 62.2 Å². The smallest absolute Gasteiger partial charge is 0.253 e. The molecule has 0 unspecified atom stereocenters. The molecule has 0 saturated heterocycles. The average molecular weight is 326 g/mol. The molecule has 0 atom stereocenters. The number of hydrogen-bond donors (Lipinski definition) is 0. The van der Waals surface area contributed by atoms with E-state index in [2.05, 4.69) is 29.2 Å². The van der Waals surface area contributed by atoms with Crippen molar-refractivity contribution in [2.45, 2.75) is 53.0 Å². The van der Waals surface area contributed by atoms with Gasteiger partial charge in [-0.2, -0.15) is 5.26 Å². The molecule has 0 aliphatic heterocycles. The lowest BCUT2D eigenvalue weighted by Gasteiger charge is -2.20. The SMILES string of the molecule is CCN(CC)CCn1c(=O)cc(C)n2c3c(c(C#N)c12)CCCC3. The molecule has 2 aromatic rings. The molecule has 5 nitrogen and oxygen atoms in total. The minimum Gasteiger partial charge on any atom is -0.303 e. The summed E-state index contributed by atoms with van der Waals surface area (Å²) < 4.78 is 3.97. The Hall–Kier alpha value is -2.06. The Morgan fingerprint density at radius 2 is 1.96 bits per heavy atom. The van der Waals surface area contributed by atoms with Gasteiger partial charge in [0.1, 0.15) is 11.7 Å². The van der Waals surface area contributed by atoms with Gasteiger partial charge in [-0.3, -0.25) is 9.36 Å². The summed E-state index contributed by atoms with van der Waals surface area (Å²) in [5.41, 5.74) is 4.86. The van der Waals surface area contributed by atoms with Crippen LogP contribution in [0.5, 0.6) is 0 Å². The number of aromatic nitrogens is 2. The number of fused-ring (bicyclic) bond motifs is 3. The Morgan fingerprint density at radius 1 is 1.25 bits per heavy atom. The molecular weight excluding hydrogens is 300 g/mol. The first-order valence-corrected chi connectivity index (χ1v) is 9.01. The fourth-order valence-electron chi connectivity index (χ4n) is 3.96. The molecule has 0 radical (unpaired) electrons. The van der Waals surface area contributed by atoms with Crippen LogP contribution in [-0.2, 0) is 19.4 Å². The standard InChI is InChI=1S/C19H26N4O/c1-4-21(5-2)10-11-22-18(24)12-14(3)23-17-9-7-6-8-15(17)16(13-20)19(22)23/h12H,4-11H2,1-3H3. The lowest BCUT2D eigenvalue weighted by molar-refractivity contribution is 0.290. The Balaban J connectivity index is 2.20. The van der Waals surface area contributed by atoms with E-state index in [1.54, 1.807) is 6.07 Å². The summed E-state index contributed by atoms with van der Waals surface area (Å²) in [5, 5.41) is 9.77. The van der Waals surface area contributed by atoms with Crippen LogP contribution in [0.25, 0.3) is 5.65 Å². The van der Waals surface area contributed by atoms with Gasteiger partial charge in [0.05, 0.1) is 5.56 Å². The van der Waals surface area contributed by atoms with E-state index in [0.29, 0.717) is 12.1 Å². The molecule has 0 amide bonds. The first kappa shape index (κ1) is 16.8. The maximum Gasteiger partial charge on any atom is 0.253 e. The summed E-state index contributed by atoms with van der Waals surface area (Å²) in [4.78, 5) is 14.9. The van der Waals surface area contributed by atoms with Gasteiger partial charge in [-0.1, -0.05) is 13.8 Å². The Morgan fingerprint density at radius 3 is 2.62 bits per heavy atom. The van der Waals surface area contributed by atoms with Crippen LogP contribution in [0, 0.1) is 18.3 Å². The molecule has 2 heterocycles. The number of nitriles is 1. The molecule has 128 valence electrons. The molecule has 5 heteroatoms. The summed E-state index contributed by atoms with van der Waals surface area (Å²) in [6.45, 7) is 9.63. The second-order valence-electron chi connectivity index (χ2n) is 6.58. The monoisotopic (exact) mass is 326 g/mol. The second kappa shape index (κ2) is 6.82. The van der Waals surface area contributed by atoms with Crippen molar-refractivity contribution in [1.29, 1.82) is 5.26 Å². The van der Waals surface area contributed by atoms with Crippen molar-refractivity contribution in [3.63, 3.8) is 0 Å². The van der Waals surface area contributed by atoms with Crippen molar-refractivity contribution in [2.75, 3.05) is 19.6 Å². The highest BCUT2D eigenvalue weighted by molar-refractivity contribution is 5.65. The van der Waals surface area contributed by atoms with Gasteiger partial charge in [0.2, 0.25) is 0 Å². The van der Waals surface area contributed by atoms with Gasteiger partial charge < -0.3 is 9.30 Å². The van der Waals surface area contributed by atoms with E-state index in [4.69, 9.17) is 0 Å². The summed E-state index contributed by atoms with van der Waals surface area (Å²) in [6, 6.07) is 4.11. The van der Waals surface area contributed by atoms with E-state index in [-0.39, 0.29) is 5.56 Å². The zero-order valence-corrected chi connectivity index (χ0v) is 14.9. The molecule has 0 spiro atoms. The molecular formula is C19H26N4O. The zero-order chi connectivity index (χ0) is 17.3. The van der Waals surface area contributed by atoms with E-state index >= 15 is 0 Å². The molecule has 24 heavy (non-hydrogen) atoms. The third kappa shape index (κ3) is 2.65. The van der Waals surface area contributed by atoms with Gasteiger partial charge in [0.15, 0.2) is 0 Å². The Labute approximate surface area is 143 Å². The minimum atomic E-state index is -0.00139. The minimum absolute atomic E-state index is 0.00139. The second-order valence-corrected chi connectivity index (χ2v) is 6.58. The van der Waals surface area contributed by atoms with Crippen LogP contribution >= 0.6 is 0 Å². The van der Waals surface area contributed by atoms with Gasteiger partial charge in [-0.25, -0.2) is 0 Å². The van der Waals surface area contributed by atoms with Crippen molar-refractivity contribution in [1.82, 2.24) is 13.9 Å². The van der Waals surface area contributed by atoms with E-state index in [1.807, 2.05) is 11.5 Å². The lowest BCUT2D eigenvalue weighted by Crippen LogP contribution is -2.32. The Bertz CT molecular complexity index is 849. The lowest BCUT2D eigenvalue weighted by atomic mass is 9.95. The number of nitrogens with zero attached hydrogens (tertiary/aromatic N) is 4. The van der Waals surface area contributed by atoms with Gasteiger partial charge >= 0.3 is 0 Å². The Kier molecular flexibility index (Phi) is 4.77. The number of likely N-dealkylation sites (N-methyl/N-ethyl adjacent to an activating group) is 1. The van der Waals surface area contributed by atoms with Gasteiger partial charge in [-0.15, -0.1) is 0 Å². The largest absolute Gasteiger partial charge is 0.303 e. The van der Waals surface area contributed by atoms with Crippen molar-refractivity contribution < 1.29 is 0 Å². The van der Waals surface area contributed by atoms with Crippen LogP contribution in [0.3, 0.4) is 0 Å². The van der Waals surface area contributed by atoms with Crippen molar-refractivity contribution in [3.05, 3.63) is 38.9 Å². The van der Waals surface area contributed by atoms with Crippen LogP contribution in [-0.4, -0.2) is 33.5 Å². The summed E-state index contributed by atoms with van der Waals surface area (Å²) in [7, 11) is 0. The third-order valence-corrected chi connectivity index (χ3v) is 5.30. The fourth-order valence-corrected chi connectivity index (χ4v) is 3.96. The van der Waals surface area contributed by atoms with Gasteiger partial charge in [0.25, 0.3) is 5.56 Å². The molecule has 0 aromatic carbocycles. The normalized spacial score (nSPS) is 14.1. The zero-order valence-electron chi connectivity index (χ0n) is 14.9. The van der Waals surface area contributed by atoms with Crippen LogP contribution in [0.4, 0.5) is 0 Å². The van der Waals surface area contributed by atoms with Crippen molar-refractivity contribution >= 4 is 5.65 Å². The predicted molar refractivity (Wildman–Crippen MR) is 95.5 cm³/mol. The summed E-state index contributed by atoms with van der Waals surface area (Å²) in [6.07, 6.45) is 4.22. The molecule has 1 aliphatic rings. The third-order valence-electron chi connectivity index (χ3n) is 5.30. The number of hydrogen-bond acceptors (Lipinski definition) is 3. The highest BCUT2D eigenvalue weighted by Gasteiger charge is 2.24. The van der Waals surface area contributed by atoms with E-state index in [1.165, 1.54) is 5.69 Å². The van der Waals surface area contributed by atoms with Gasteiger partial charge in [-0.05, 0) is 51.3 Å². The quantitative estimate of drug-likeness (QED) is 0.848. The van der Waals surface area contributed by atoms with Crippen LogP contribution in [0.2, 0.25) is 0 Å². The summed E-state index contributed by atoms with van der Waals surface area (Å²) in [5.74, 6) is 0. The topological polar surface area (TPSA) is 53.4 Å². The van der Waals surface area contributed by atoms with E-state index in [9.17, 15) is 10.1 Å². The van der Waals surface area contributed by atoms with Crippen LogP contribution in [0.15, 0.2) is 10.9 Å². The van der Waals surface area contributed by atoms with Crippen LogP contribution < -0.4 is 5.56 Å². The number of aryl methyl sites for hydroxylation is 2. The molecule has 1 aliphatic carbocycles. The molecule has 0 bridgehead atoms. The fraction of sp³-hybridized carbons (Fsp3) is 0.579. The van der Waals surface area contributed by atoms with Crippen molar-refractivity contribution in [2.24, 2.45) is 0 Å². The maximum absolute atomic E-state index is 12.6. The first-order valence-electron chi connectivity index (χ1n) is 9.01. The van der Waals surface area contributed by atoms with Crippen LogP contribution in [0.1, 0.15) is 49.2 Å². The van der Waals surface area contributed by atoms with Crippen molar-refractivity contribution in [3.8, 4) is 6.07 Å².